The van der Waals surface area contributed by atoms with Gasteiger partial charge in [0.25, 0.3) is 0 Å². The zero-order valence-corrected chi connectivity index (χ0v) is 22.4. The molecule has 3 aliphatic heterocycles. The second-order valence-corrected chi connectivity index (χ2v) is 11.4. The Morgan fingerprint density at radius 2 is 1.63 bits per heavy atom. The Hall–Kier alpha value is -2.48. The number of carboxylic acid groups (broad SMARTS) is 1. The number of piperidine rings is 3. The van der Waals surface area contributed by atoms with E-state index in [1.807, 2.05) is 22.9 Å². The highest BCUT2D eigenvalue weighted by Gasteiger charge is 2.51. The molecule has 2 bridgehead atoms. The second-order valence-electron chi connectivity index (χ2n) is 9.47. The minimum Gasteiger partial charge on any atom is -0.542 e. The number of carbonyl (C=O) groups is 3. The summed E-state index contributed by atoms with van der Waals surface area (Å²) in [6, 6.07) is 7.27. The fourth-order valence-corrected chi connectivity index (χ4v) is 6.66. The molecule has 8 nitrogen and oxygen atoms in total. The van der Waals surface area contributed by atoms with E-state index in [1.165, 1.54) is 29.6 Å². The van der Waals surface area contributed by atoms with Crippen molar-refractivity contribution >= 4 is 40.6 Å². The highest BCUT2D eigenvalue weighted by atomic mass is 32.1. The smallest absolute Gasteiger partial charge is 0.430 e. The maximum absolute atomic E-state index is 13.4. The Morgan fingerprint density at radius 3 is 2.08 bits per heavy atom. The maximum atomic E-state index is 13.4. The number of hydrogen-bond acceptors (Lipinski definition) is 9. The van der Waals surface area contributed by atoms with Gasteiger partial charge in [0.15, 0.2) is 6.10 Å². The molecule has 1 N–H and O–H groups in total. The maximum Gasteiger partial charge on any atom is 0.430 e. The number of aliphatic carboxylic acids is 1. The lowest BCUT2D eigenvalue weighted by Gasteiger charge is -2.52. The highest BCUT2D eigenvalue weighted by molar-refractivity contribution is 7.12. The molecule has 3 saturated heterocycles. The number of ether oxygens (including phenoxy) is 2. The second kappa shape index (κ2) is 12.6. The van der Waals surface area contributed by atoms with Crippen LogP contribution in [0.15, 0.2) is 35.0 Å². The zero-order valence-electron chi connectivity index (χ0n) is 20.8. The molecule has 210 valence electrons. The van der Waals surface area contributed by atoms with E-state index in [1.54, 1.807) is 12.1 Å². The molecule has 0 aliphatic carbocycles. The first-order chi connectivity index (χ1) is 17.9. The van der Waals surface area contributed by atoms with Crippen molar-refractivity contribution in [3.05, 3.63) is 44.8 Å². The predicted octanol–water partition coefficient (Wildman–Crippen LogP) is 2.84. The summed E-state index contributed by atoms with van der Waals surface area (Å²) in [5.74, 6) is -3.45. The van der Waals surface area contributed by atoms with Gasteiger partial charge in [0.05, 0.1) is 36.0 Å². The van der Waals surface area contributed by atoms with Gasteiger partial charge in [-0.05, 0) is 35.7 Å². The van der Waals surface area contributed by atoms with Crippen molar-refractivity contribution < 1.29 is 51.7 Å². The largest absolute Gasteiger partial charge is 0.542 e. The first-order valence-corrected chi connectivity index (χ1v) is 13.9. The SMILES string of the molecule is CC(=O)OCCCC[N+]12CCC(CC1)[C@@H](OC(=O)C(O)(c1cccs1)c1cccs1)C2.O=C([O-])C(F)(F)F. The Morgan fingerprint density at radius 1 is 1.08 bits per heavy atom. The number of carbonyl (C=O) groups excluding carboxylic acids is 3. The van der Waals surface area contributed by atoms with Gasteiger partial charge in [-0.3, -0.25) is 4.79 Å². The number of fused-ring (bicyclic) bond motifs is 3. The Kier molecular flexibility index (Phi) is 9.96. The van der Waals surface area contributed by atoms with E-state index in [9.17, 15) is 27.9 Å². The van der Waals surface area contributed by atoms with E-state index in [-0.39, 0.29) is 12.1 Å². The Bertz CT molecular complexity index is 1030. The molecule has 2 aromatic rings. The van der Waals surface area contributed by atoms with E-state index in [0.29, 0.717) is 22.3 Å². The number of hydrogen-bond donors (Lipinski definition) is 1. The van der Waals surface area contributed by atoms with Crippen LogP contribution in [0.3, 0.4) is 0 Å². The number of aliphatic hydroxyl groups is 1. The van der Waals surface area contributed by atoms with E-state index in [4.69, 9.17) is 19.4 Å². The van der Waals surface area contributed by atoms with Crippen LogP contribution >= 0.6 is 22.7 Å². The summed E-state index contributed by atoms with van der Waals surface area (Å²) in [5, 5.41) is 24.0. The minimum atomic E-state index is -5.19. The first kappa shape index (κ1) is 30.1. The Labute approximate surface area is 226 Å². The van der Waals surface area contributed by atoms with Crippen molar-refractivity contribution in [1.29, 1.82) is 0 Å². The van der Waals surface area contributed by atoms with Crippen LogP contribution in [-0.4, -0.2) is 72.6 Å². The van der Waals surface area contributed by atoms with Gasteiger partial charge in [0.2, 0.25) is 5.60 Å². The molecular weight excluding hydrogens is 547 g/mol. The summed E-state index contributed by atoms with van der Waals surface area (Å²) in [4.78, 5) is 34.3. The van der Waals surface area contributed by atoms with Gasteiger partial charge in [0, 0.05) is 25.7 Å². The lowest BCUT2D eigenvalue weighted by Crippen LogP contribution is -2.65. The molecular formula is C25H30F3NO7S2. The minimum absolute atomic E-state index is 0.171. The van der Waals surface area contributed by atoms with Gasteiger partial charge in [0.1, 0.15) is 12.5 Å². The van der Waals surface area contributed by atoms with Crippen LogP contribution in [0.1, 0.15) is 42.4 Å². The first-order valence-electron chi connectivity index (χ1n) is 12.2. The molecule has 38 heavy (non-hydrogen) atoms. The van der Waals surface area contributed by atoms with Crippen molar-refractivity contribution in [3.8, 4) is 0 Å². The van der Waals surface area contributed by atoms with Crippen LogP contribution in [0.4, 0.5) is 13.2 Å². The molecule has 3 aliphatic rings. The molecule has 0 saturated carbocycles. The van der Waals surface area contributed by atoms with E-state index >= 15 is 0 Å². The van der Waals surface area contributed by atoms with Gasteiger partial charge < -0.3 is 29.0 Å². The number of carboxylic acids is 1. The molecule has 1 atom stereocenters. The fraction of sp³-hybridized carbons (Fsp3) is 0.560. The monoisotopic (exact) mass is 577 g/mol. The molecule has 2 aromatic heterocycles. The van der Waals surface area contributed by atoms with Crippen molar-refractivity contribution in [3.63, 3.8) is 0 Å². The molecule has 3 fully saturated rings. The molecule has 5 rings (SSSR count). The lowest BCUT2D eigenvalue weighted by molar-refractivity contribution is -0.946. The normalized spacial score (nSPS) is 22.8. The molecule has 0 radical (unpaired) electrons. The predicted molar refractivity (Wildman–Crippen MR) is 131 cm³/mol. The van der Waals surface area contributed by atoms with E-state index in [2.05, 4.69) is 0 Å². The van der Waals surface area contributed by atoms with Crippen LogP contribution in [0.5, 0.6) is 0 Å². The summed E-state index contributed by atoms with van der Waals surface area (Å²) in [6.45, 7) is 5.91. The van der Waals surface area contributed by atoms with Gasteiger partial charge in [-0.25, -0.2) is 4.79 Å². The number of halogens is 3. The van der Waals surface area contributed by atoms with Gasteiger partial charge in [-0.15, -0.1) is 22.7 Å². The molecule has 0 spiro atoms. The van der Waals surface area contributed by atoms with E-state index < -0.39 is 23.7 Å². The topological polar surface area (TPSA) is 113 Å². The average Bonchev–Trinajstić information content (AvgIpc) is 3.59. The zero-order chi connectivity index (χ0) is 28.0. The number of esters is 2. The standard InChI is InChI=1S/C23H30NO5S2.C2HF3O2/c1-17(25)28-13-3-2-10-24-11-8-18(9-12-24)19(16-24)29-22(26)23(27,20-6-4-14-30-20)21-7-5-15-31-21;3-2(4,5)1(6)7/h4-7,14-15,18-19,27H,2-3,8-13,16H2,1H3;(H,6,7)/q+1;/p-1/t18?,19-,24?;/m0./s1. The van der Waals surface area contributed by atoms with E-state index in [0.717, 1.165) is 56.3 Å². The number of unbranched alkanes of at least 4 members (excludes halogenated alkanes) is 1. The number of alkyl halides is 3. The summed E-state index contributed by atoms with van der Waals surface area (Å²) in [6.07, 6.45) is -1.46. The average molecular weight is 578 g/mol. The van der Waals surface area contributed by atoms with Crippen LogP contribution in [0, 0.1) is 5.92 Å². The summed E-state index contributed by atoms with van der Waals surface area (Å²) >= 11 is 2.73. The number of quaternary nitrogens is 1. The third kappa shape index (κ3) is 7.33. The number of nitrogens with zero attached hydrogens (tertiary/aromatic N) is 1. The van der Waals surface area contributed by atoms with Crippen molar-refractivity contribution in [1.82, 2.24) is 0 Å². The van der Waals surface area contributed by atoms with Crippen molar-refractivity contribution in [2.75, 3.05) is 32.8 Å². The van der Waals surface area contributed by atoms with Crippen LogP contribution in [0.2, 0.25) is 0 Å². The molecule has 0 amide bonds. The number of rotatable bonds is 9. The van der Waals surface area contributed by atoms with Crippen molar-refractivity contribution in [2.45, 2.75) is 50.5 Å². The number of thiophene rings is 2. The van der Waals surface area contributed by atoms with Crippen molar-refractivity contribution in [2.24, 2.45) is 5.92 Å². The van der Waals surface area contributed by atoms with Gasteiger partial charge in [-0.1, -0.05) is 12.1 Å². The van der Waals surface area contributed by atoms with Crippen LogP contribution < -0.4 is 5.11 Å². The fourth-order valence-electron chi connectivity index (χ4n) is 4.95. The van der Waals surface area contributed by atoms with Gasteiger partial charge in [-0.2, -0.15) is 13.2 Å². The molecule has 0 unspecified atom stereocenters. The lowest BCUT2D eigenvalue weighted by atomic mass is 9.83. The quantitative estimate of drug-likeness (QED) is 0.277. The highest BCUT2D eigenvalue weighted by Crippen LogP contribution is 2.40. The van der Waals surface area contributed by atoms with Crippen LogP contribution in [-0.2, 0) is 29.5 Å². The summed E-state index contributed by atoms with van der Waals surface area (Å²) < 4.78 is 43.6. The van der Waals surface area contributed by atoms with Gasteiger partial charge >= 0.3 is 18.1 Å². The molecule has 13 heteroatoms. The Balaban J connectivity index is 0.000000505. The summed E-state index contributed by atoms with van der Waals surface area (Å²) in [7, 11) is 0. The third-order valence-electron chi connectivity index (χ3n) is 6.91. The summed E-state index contributed by atoms with van der Waals surface area (Å²) in [5.41, 5.74) is -1.75. The third-order valence-corrected chi connectivity index (χ3v) is 8.87. The van der Waals surface area contributed by atoms with Crippen LogP contribution in [0.25, 0.3) is 0 Å². The molecule has 5 heterocycles. The molecule has 0 aromatic carbocycles.